The van der Waals surface area contributed by atoms with Gasteiger partial charge in [0.25, 0.3) is 0 Å². The minimum Gasteiger partial charge on any atom is -0.325 e. The van der Waals surface area contributed by atoms with Gasteiger partial charge in [0.1, 0.15) is 0 Å². The van der Waals surface area contributed by atoms with Gasteiger partial charge in [0.15, 0.2) is 0 Å². The maximum Gasteiger partial charge on any atom is 0.241 e. The number of nitrogens with one attached hydrogen (secondary N) is 1. The molecular weight excluding hydrogens is 318 g/mol. The number of benzene rings is 1. The molecule has 4 nitrogen and oxygen atoms in total. The van der Waals surface area contributed by atoms with E-state index in [2.05, 4.69) is 11.4 Å². The Hall–Kier alpha value is -1.87. The van der Waals surface area contributed by atoms with Crippen LogP contribution in [0, 0.1) is 11.3 Å². The van der Waals surface area contributed by atoms with Crippen molar-refractivity contribution in [2.24, 2.45) is 0 Å². The van der Waals surface area contributed by atoms with Crippen molar-refractivity contribution in [3.05, 3.63) is 51.2 Å². The molecule has 2 aromatic rings. The average Bonchev–Trinajstić information content (AvgIpc) is 2.91. The third-order valence-corrected chi connectivity index (χ3v) is 4.55. The fraction of sp³-hybridized carbons (Fsp3) is 0.250. The monoisotopic (exact) mass is 333 g/mol. The van der Waals surface area contributed by atoms with Gasteiger partial charge < -0.3 is 5.32 Å². The predicted octanol–water partition coefficient (Wildman–Crippen LogP) is 3.73. The van der Waals surface area contributed by atoms with Crippen molar-refractivity contribution in [2.45, 2.75) is 19.5 Å². The quantitative estimate of drug-likeness (QED) is 0.907. The van der Waals surface area contributed by atoms with E-state index in [9.17, 15) is 4.79 Å². The molecule has 0 radical (unpaired) electrons. The molecule has 1 aromatic heterocycles. The number of halogens is 1. The van der Waals surface area contributed by atoms with Crippen molar-refractivity contribution in [1.29, 1.82) is 5.26 Å². The van der Waals surface area contributed by atoms with Crippen molar-refractivity contribution in [3.63, 3.8) is 0 Å². The first-order chi connectivity index (χ1) is 10.5. The number of hydrogen-bond donors (Lipinski definition) is 1. The molecule has 1 N–H and O–H groups in total. The molecule has 1 amide bonds. The lowest BCUT2D eigenvalue weighted by Crippen LogP contribution is -2.39. The summed E-state index contributed by atoms with van der Waals surface area (Å²) in [5, 5.41) is 11.7. The first-order valence-electron chi connectivity index (χ1n) is 6.75. The van der Waals surface area contributed by atoms with Crippen LogP contribution in [0.25, 0.3) is 0 Å². The van der Waals surface area contributed by atoms with Crippen molar-refractivity contribution in [1.82, 2.24) is 4.90 Å². The summed E-state index contributed by atoms with van der Waals surface area (Å²) in [5.74, 6) is -0.111. The highest BCUT2D eigenvalue weighted by Crippen LogP contribution is 2.23. The SMILES string of the molecule is C[C@@H](C(=O)Nc1cccc(C#N)c1)N(C)Cc1ccc(Cl)s1. The Morgan fingerprint density at radius 1 is 1.45 bits per heavy atom. The van der Waals surface area contributed by atoms with Crippen LogP contribution in [0.3, 0.4) is 0 Å². The van der Waals surface area contributed by atoms with Gasteiger partial charge in [-0.1, -0.05) is 17.7 Å². The van der Waals surface area contributed by atoms with Crippen LogP contribution in [-0.4, -0.2) is 23.9 Å². The molecule has 6 heteroatoms. The first-order valence-corrected chi connectivity index (χ1v) is 7.94. The zero-order chi connectivity index (χ0) is 16.1. The Balaban J connectivity index is 1.97. The molecule has 0 aliphatic rings. The van der Waals surface area contributed by atoms with E-state index in [0.29, 0.717) is 17.8 Å². The number of rotatable bonds is 5. The first kappa shape index (κ1) is 16.5. The zero-order valence-electron chi connectivity index (χ0n) is 12.3. The van der Waals surface area contributed by atoms with E-state index < -0.39 is 0 Å². The summed E-state index contributed by atoms with van der Waals surface area (Å²) in [6, 6.07) is 12.4. The molecule has 22 heavy (non-hydrogen) atoms. The zero-order valence-corrected chi connectivity index (χ0v) is 13.9. The number of thiophene rings is 1. The van der Waals surface area contributed by atoms with Crippen LogP contribution in [-0.2, 0) is 11.3 Å². The summed E-state index contributed by atoms with van der Waals surface area (Å²) < 4.78 is 0.744. The predicted molar refractivity (Wildman–Crippen MR) is 90.0 cm³/mol. The lowest BCUT2D eigenvalue weighted by Gasteiger charge is -2.23. The van der Waals surface area contributed by atoms with Crippen LogP contribution in [0.5, 0.6) is 0 Å². The molecule has 0 unspecified atom stereocenters. The van der Waals surface area contributed by atoms with Crippen molar-refractivity contribution < 1.29 is 4.79 Å². The molecule has 0 saturated carbocycles. The van der Waals surface area contributed by atoms with E-state index in [-0.39, 0.29) is 11.9 Å². The fourth-order valence-corrected chi connectivity index (χ4v) is 3.08. The van der Waals surface area contributed by atoms with Gasteiger partial charge in [-0.3, -0.25) is 9.69 Å². The van der Waals surface area contributed by atoms with Gasteiger partial charge in [-0.15, -0.1) is 11.3 Å². The lowest BCUT2D eigenvalue weighted by atomic mass is 10.2. The summed E-state index contributed by atoms with van der Waals surface area (Å²) in [7, 11) is 1.89. The molecule has 0 spiro atoms. The number of hydrogen-bond acceptors (Lipinski definition) is 4. The van der Waals surface area contributed by atoms with Crippen molar-refractivity contribution >= 4 is 34.5 Å². The second-order valence-corrected chi connectivity index (χ2v) is 6.78. The molecule has 2 rings (SSSR count). The van der Waals surface area contributed by atoms with E-state index in [0.717, 1.165) is 9.21 Å². The summed E-state index contributed by atoms with van der Waals surface area (Å²) in [4.78, 5) is 15.4. The van der Waals surface area contributed by atoms with E-state index in [4.69, 9.17) is 16.9 Å². The van der Waals surface area contributed by atoms with Gasteiger partial charge in [0.2, 0.25) is 5.91 Å². The number of amides is 1. The third kappa shape index (κ3) is 4.31. The summed E-state index contributed by atoms with van der Waals surface area (Å²) in [5.41, 5.74) is 1.15. The molecule has 1 atom stereocenters. The maximum atomic E-state index is 12.3. The van der Waals surface area contributed by atoms with E-state index >= 15 is 0 Å². The van der Waals surface area contributed by atoms with E-state index in [1.54, 1.807) is 24.3 Å². The van der Waals surface area contributed by atoms with Gasteiger partial charge in [-0.05, 0) is 44.3 Å². The van der Waals surface area contributed by atoms with Crippen LogP contribution in [0.2, 0.25) is 4.34 Å². The maximum absolute atomic E-state index is 12.3. The number of carbonyl (C=O) groups excluding carboxylic acids is 1. The van der Waals surface area contributed by atoms with Gasteiger partial charge in [-0.25, -0.2) is 0 Å². The average molecular weight is 334 g/mol. The smallest absolute Gasteiger partial charge is 0.241 e. The van der Waals surface area contributed by atoms with Crippen molar-refractivity contribution in [2.75, 3.05) is 12.4 Å². The van der Waals surface area contributed by atoms with Gasteiger partial charge >= 0.3 is 0 Å². The molecule has 114 valence electrons. The van der Waals surface area contributed by atoms with Gasteiger partial charge in [-0.2, -0.15) is 5.26 Å². The molecule has 1 aromatic carbocycles. The molecule has 0 fully saturated rings. The van der Waals surface area contributed by atoms with Crippen LogP contribution < -0.4 is 5.32 Å². The summed E-state index contributed by atoms with van der Waals surface area (Å²) in [6.07, 6.45) is 0. The van der Waals surface area contributed by atoms with Gasteiger partial charge in [0.05, 0.1) is 22.0 Å². The Morgan fingerprint density at radius 3 is 2.86 bits per heavy atom. The Kier molecular flexibility index (Phi) is 5.56. The number of likely N-dealkylation sites (N-methyl/N-ethyl adjacent to an activating group) is 1. The number of nitriles is 1. The third-order valence-electron chi connectivity index (χ3n) is 3.33. The molecular formula is C16H16ClN3OS. The minimum absolute atomic E-state index is 0.111. The van der Waals surface area contributed by atoms with Crippen LogP contribution in [0.1, 0.15) is 17.4 Å². The Morgan fingerprint density at radius 2 is 2.23 bits per heavy atom. The van der Waals surface area contributed by atoms with E-state index in [1.807, 2.05) is 31.0 Å². The molecule has 0 saturated heterocycles. The molecule has 0 aliphatic carbocycles. The number of nitrogens with zero attached hydrogens (tertiary/aromatic N) is 2. The minimum atomic E-state index is -0.299. The second-order valence-electron chi connectivity index (χ2n) is 4.98. The van der Waals surface area contributed by atoms with Crippen LogP contribution in [0.4, 0.5) is 5.69 Å². The molecule has 1 heterocycles. The second kappa shape index (κ2) is 7.41. The highest BCUT2D eigenvalue weighted by Gasteiger charge is 2.19. The fourth-order valence-electron chi connectivity index (χ4n) is 1.93. The number of anilines is 1. The highest BCUT2D eigenvalue weighted by atomic mass is 35.5. The van der Waals surface area contributed by atoms with E-state index in [1.165, 1.54) is 11.3 Å². The summed E-state index contributed by atoms with van der Waals surface area (Å²) in [6.45, 7) is 2.50. The Bertz CT molecular complexity index is 707. The Labute approximate surface area is 138 Å². The topological polar surface area (TPSA) is 56.1 Å². The van der Waals surface area contributed by atoms with Crippen LogP contribution in [0.15, 0.2) is 36.4 Å². The summed E-state index contributed by atoms with van der Waals surface area (Å²) >= 11 is 7.43. The van der Waals surface area contributed by atoms with Crippen LogP contribution >= 0.6 is 22.9 Å². The standard InChI is InChI=1S/C16H16ClN3OS/c1-11(20(2)10-14-6-7-15(17)22-14)16(21)19-13-5-3-4-12(8-13)9-18/h3-8,11H,10H2,1-2H3,(H,19,21)/t11-/m0/s1. The number of carbonyl (C=O) groups is 1. The highest BCUT2D eigenvalue weighted by molar-refractivity contribution is 7.16. The lowest BCUT2D eigenvalue weighted by molar-refractivity contribution is -0.120. The molecule has 0 aliphatic heterocycles. The van der Waals surface area contributed by atoms with Crippen molar-refractivity contribution in [3.8, 4) is 6.07 Å². The van der Waals surface area contributed by atoms with Gasteiger partial charge in [0, 0.05) is 17.1 Å². The largest absolute Gasteiger partial charge is 0.325 e. The normalized spacial score (nSPS) is 12.0. The molecule has 0 bridgehead atoms.